The zero-order chi connectivity index (χ0) is 20.3. The summed E-state index contributed by atoms with van der Waals surface area (Å²) in [6.07, 6.45) is 0. The molecule has 1 amide bonds. The van der Waals surface area contributed by atoms with Gasteiger partial charge in [-0.1, -0.05) is 47.5 Å². The number of carbonyl (C=O) groups is 1. The molecule has 3 rings (SSSR count). The van der Waals surface area contributed by atoms with Crippen molar-refractivity contribution in [2.75, 3.05) is 5.32 Å². The molecule has 0 aromatic heterocycles. The van der Waals surface area contributed by atoms with E-state index in [-0.39, 0.29) is 11.7 Å². The highest BCUT2D eigenvalue weighted by molar-refractivity contribution is 7.90. The van der Waals surface area contributed by atoms with Gasteiger partial charge in [0.25, 0.3) is 5.91 Å². The molecule has 3 aromatic carbocycles. The van der Waals surface area contributed by atoms with E-state index in [1.807, 2.05) is 39.0 Å². The van der Waals surface area contributed by atoms with Crippen molar-refractivity contribution in [1.29, 1.82) is 0 Å². The molecular formula is C23H23NO3S. The van der Waals surface area contributed by atoms with Crippen molar-refractivity contribution >= 4 is 21.4 Å². The maximum absolute atomic E-state index is 12.6. The molecule has 0 saturated carbocycles. The smallest absolute Gasteiger partial charge is 0.255 e. The Balaban J connectivity index is 1.72. The van der Waals surface area contributed by atoms with Crippen molar-refractivity contribution in [1.82, 2.24) is 0 Å². The van der Waals surface area contributed by atoms with E-state index in [0.29, 0.717) is 16.0 Å². The minimum atomic E-state index is -3.42. The van der Waals surface area contributed by atoms with Gasteiger partial charge in [-0.25, -0.2) is 8.42 Å². The average molecular weight is 394 g/mol. The lowest BCUT2D eigenvalue weighted by atomic mass is 10.1. The number of carbonyl (C=O) groups excluding carboxylic acids is 1. The maximum Gasteiger partial charge on any atom is 0.255 e. The van der Waals surface area contributed by atoms with Crippen molar-refractivity contribution in [3.8, 4) is 0 Å². The molecule has 28 heavy (non-hydrogen) atoms. The van der Waals surface area contributed by atoms with Gasteiger partial charge < -0.3 is 5.32 Å². The molecular weight excluding hydrogens is 370 g/mol. The average Bonchev–Trinajstić information content (AvgIpc) is 2.64. The summed E-state index contributed by atoms with van der Waals surface area (Å²) in [6, 6.07) is 19.3. The molecule has 1 N–H and O–H groups in total. The van der Waals surface area contributed by atoms with E-state index in [9.17, 15) is 13.2 Å². The van der Waals surface area contributed by atoms with Crippen LogP contribution in [0.15, 0.2) is 71.6 Å². The molecule has 4 nitrogen and oxygen atoms in total. The Morgan fingerprint density at radius 3 is 2.04 bits per heavy atom. The number of aryl methyl sites for hydroxylation is 3. The van der Waals surface area contributed by atoms with Crippen molar-refractivity contribution in [2.24, 2.45) is 0 Å². The van der Waals surface area contributed by atoms with Crippen LogP contribution in [0.4, 0.5) is 5.69 Å². The van der Waals surface area contributed by atoms with E-state index in [1.165, 1.54) is 0 Å². The van der Waals surface area contributed by atoms with Gasteiger partial charge >= 0.3 is 0 Å². The molecule has 0 aliphatic heterocycles. The van der Waals surface area contributed by atoms with Crippen molar-refractivity contribution in [3.05, 3.63) is 94.5 Å². The number of anilines is 1. The van der Waals surface area contributed by atoms with Crippen LogP contribution >= 0.6 is 0 Å². The van der Waals surface area contributed by atoms with Gasteiger partial charge in [0.05, 0.1) is 10.6 Å². The summed E-state index contributed by atoms with van der Waals surface area (Å²) >= 11 is 0. The largest absolute Gasteiger partial charge is 0.322 e. The Hall–Kier alpha value is -2.92. The van der Waals surface area contributed by atoms with Gasteiger partial charge in [0.2, 0.25) is 0 Å². The fraction of sp³-hybridized carbons (Fsp3) is 0.174. The summed E-state index contributed by atoms with van der Waals surface area (Å²) in [5, 5.41) is 2.90. The van der Waals surface area contributed by atoms with Crippen LogP contribution in [0.25, 0.3) is 0 Å². The van der Waals surface area contributed by atoms with Crippen LogP contribution in [0.1, 0.15) is 32.6 Å². The van der Waals surface area contributed by atoms with Gasteiger partial charge in [-0.2, -0.15) is 0 Å². The third-order valence-corrected chi connectivity index (χ3v) is 6.29. The predicted molar refractivity (Wildman–Crippen MR) is 112 cm³/mol. The Morgan fingerprint density at radius 1 is 0.821 bits per heavy atom. The SMILES string of the molecule is Cc1ccc(S(=O)(=O)Cc2ccc(C(=O)Nc3ccc(C)cc3C)cc2)cc1. The zero-order valence-corrected chi connectivity index (χ0v) is 17.0. The summed E-state index contributed by atoms with van der Waals surface area (Å²) in [5.74, 6) is -0.324. The summed E-state index contributed by atoms with van der Waals surface area (Å²) in [5.41, 5.74) is 5.03. The van der Waals surface area contributed by atoms with E-state index < -0.39 is 9.84 Å². The second kappa shape index (κ2) is 7.98. The van der Waals surface area contributed by atoms with E-state index in [0.717, 1.165) is 22.4 Å². The van der Waals surface area contributed by atoms with E-state index in [1.54, 1.807) is 48.5 Å². The van der Waals surface area contributed by atoms with Crippen LogP contribution in [0, 0.1) is 20.8 Å². The van der Waals surface area contributed by atoms with Crippen LogP contribution < -0.4 is 5.32 Å². The zero-order valence-electron chi connectivity index (χ0n) is 16.2. The lowest BCUT2D eigenvalue weighted by Gasteiger charge is -2.10. The molecule has 0 unspecified atom stereocenters. The maximum atomic E-state index is 12.6. The molecule has 0 bridgehead atoms. The van der Waals surface area contributed by atoms with Crippen LogP contribution in [0.2, 0.25) is 0 Å². The first-order valence-corrected chi connectivity index (χ1v) is 10.7. The number of hydrogen-bond acceptors (Lipinski definition) is 3. The normalized spacial score (nSPS) is 11.2. The summed E-state index contributed by atoms with van der Waals surface area (Å²) < 4.78 is 25.1. The third-order valence-electron chi connectivity index (χ3n) is 4.58. The van der Waals surface area contributed by atoms with Crippen molar-refractivity contribution in [3.63, 3.8) is 0 Å². The van der Waals surface area contributed by atoms with Crippen molar-refractivity contribution < 1.29 is 13.2 Å². The van der Waals surface area contributed by atoms with E-state index in [2.05, 4.69) is 5.32 Å². The van der Waals surface area contributed by atoms with Crippen LogP contribution in [-0.2, 0) is 15.6 Å². The minimum Gasteiger partial charge on any atom is -0.322 e. The Morgan fingerprint density at radius 2 is 1.43 bits per heavy atom. The number of benzene rings is 3. The minimum absolute atomic E-state index is 0.102. The summed E-state index contributed by atoms with van der Waals surface area (Å²) in [4.78, 5) is 12.8. The topological polar surface area (TPSA) is 63.2 Å². The van der Waals surface area contributed by atoms with Gasteiger partial charge in [-0.3, -0.25) is 4.79 Å². The number of nitrogens with one attached hydrogen (secondary N) is 1. The molecule has 0 radical (unpaired) electrons. The van der Waals surface area contributed by atoms with Crippen LogP contribution in [0.3, 0.4) is 0 Å². The first kappa shape index (κ1) is 19.8. The first-order chi connectivity index (χ1) is 13.2. The fourth-order valence-electron chi connectivity index (χ4n) is 2.95. The van der Waals surface area contributed by atoms with E-state index >= 15 is 0 Å². The summed E-state index contributed by atoms with van der Waals surface area (Å²) in [6.45, 7) is 5.86. The molecule has 0 heterocycles. The van der Waals surface area contributed by atoms with E-state index in [4.69, 9.17) is 0 Å². The van der Waals surface area contributed by atoms with Crippen molar-refractivity contribution in [2.45, 2.75) is 31.4 Å². The monoisotopic (exact) mass is 393 g/mol. The number of amides is 1. The molecule has 5 heteroatoms. The predicted octanol–water partition coefficient (Wildman–Crippen LogP) is 4.84. The first-order valence-electron chi connectivity index (χ1n) is 9.01. The molecule has 0 saturated heterocycles. The quantitative estimate of drug-likeness (QED) is 0.675. The highest BCUT2D eigenvalue weighted by atomic mass is 32.2. The molecule has 0 spiro atoms. The molecule has 3 aromatic rings. The van der Waals surface area contributed by atoms with Gasteiger partial charge in [0.1, 0.15) is 0 Å². The van der Waals surface area contributed by atoms with Crippen LogP contribution in [0.5, 0.6) is 0 Å². The highest BCUT2D eigenvalue weighted by Crippen LogP contribution is 2.19. The Bertz CT molecular complexity index is 1100. The Kier molecular flexibility index (Phi) is 5.66. The number of hydrogen-bond donors (Lipinski definition) is 1. The highest BCUT2D eigenvalue weighted by Gasteiger charge is 2.16. The molecule has 0 atom stereocenters. The van der Waals surface area contributed by atoms with Gasteiger partial charge in [-0.05, 0) is 62.2 Å². The number of rotatable bonds is 5. The van der Waals surface area contributed by atoms with Crippen LogP contribution in [-0.4, -0.2) is 14.3 Å². The lowest BCUT2D eigenvalue weighted by Crippen LogP contribution is -2.13. The molecule has 0 aliphatic carbocycles. The standard InChI is InChI=1S/C23H23NO3S/c1-16-4-11-21(12-5-16)28(26,27)15-19-7-9-20(10-8-19)23(25)24-22-13-6-17(2)14-18(22)3/h4-14H,15H2,1-3H3,(H,24,25). The fourth-order valence-corrected chi connectivity index (χ4v) is 4.30. The second-order valence-corrected chi connectivity index (χ2v) is 9.03. The Labute approximate surface area is 166 Å². The summed E-state index contributed by atoms with van der Waals surface area (Å²) in [7, 11) is -3.42. The lowest BCUT2D eigenvalue weighted by molar-refractivity contribution is 0.102. The van der Waals surface area contributed by atoms with Gasteiger partial charge in [-0.15, -0.1) is 0 Å². The molecule has 0 aliphatic rings. The van der Waals surface area contributed by atoms with Gasteiger partial charge in [0.15, 0.2) is 9.84 Å². The second-order valence-electron chi connectivity index (χ2n) is 7.04. The van der Waals surface area contributed by atoms with Gasteiger partial charge in [0, 0.05) is 11.3 Å². The molecule has 144 valence electrons. The number of sulfone groups is 1. The third kappa shape index (κ3) is 4.67. The molecule has 0 fully saturated rings.